The Bertz CT molecular complexity index is 1010. The van der Waals surface area contributed by atoms with Gasteiger partial charge in [0.1, 0.15) is 5.82 Å². The van der Waals surface area contributed by atoms with Crippen molar-refractivity contribution < 1.29 is 9.59 Å². The molecule has 0 unspecified atom stereocenters. The molecule has 8 nitrogen and oxygen atoms in total. The zero-order valence-electron chi connectivity index (χ0n) is 14.5. The second kappa shape index (κ2) is 7.22. The van der Waals surface area contributed by atoms with E-state index in [-0.39, 0.29) is 30.3 Å². The van der Waals surface area contributed by atoms with Gasteiger partial charge in [0.05, 0.1) is 5.52 Å². The maximum atomic E-state index is 12.0. The van der Waals surface area contributed by atoms with E-state index < -0.39 is 0 Å². The molecular weight excluding hydrogens is 334 g/mol. The van der Waals surface area contributed by atoms with Crippen LogP contribution in [0.15, 0.2) is 35.1 Å². The van der Waals surface area contributed by atoms with Gasteiger partial charge in [-0.25, -0.2) is 9.78 Å². The average Bonchev–Trinajstić information content (AvgIpc) is 2.91. The molecule has 2 aromatic heterocycles. The van der Waals surface area contributed by atoms with Crippen molar-refractivity contribution in [3.05, 3.63) is 51.9 Å². The molecule has 2 heterocycles. The third-order valence-electron chi connectivity index (χ3n) is 3.73. The van der Waals surface area contributed by atoms with E-state index in [0.717, 1.165) is 16.8 Å². The predicted molar refractivity (Wildman–Crippen MR) is 99.1 cm³/mol. The Morgan fingerprint density at radius 2 is 1.62 bits per heavy atom. The number of H-pyrrole nitrogens is 2. The third kappa shape index (κ3) is 4.35. The summed E-state index contributed by atoms with van der Waals surface area (Å²) in [5.41, 5.74) is 3.39. The first-order valence-electron chi connectivity index (χ1n) is 8.16. The molecule has 8 heteroatoms. The number of carbonyl (C=O) groups excluding carboxylic acids is 2. The second-order valence-corrected chi connectivity index (χ2v) is 6.14. The number of anilines is 2. The number of pyridine rings is 1. The molecule has 0 aliphatic carbocycles. The highest BCUT2D eigenvalue weighted by Gasteiger charge is 2.10. The van der Waals surface area contributed by atoms with Crippen molar-refractivity contribution in [1.29, 1.82) is 0 Å². The molecule has 0 saturated carbocycles. The van der Waals surface area contributed by atoms with Crippen LogP contribution in [-0.4, -0.2) is 26.8 Å². The molecule has 0 radical (unpaired) electrons. The van der Waals surface area contributed by atoms with Crippen LogP contribution >= 0.6 is 0 Å². The largest absolute Gasteiger partial charge is 0.326 e. The summed E-state index contributed by atoms with van der Waals surface area (Å²) in [5.74, 6) is -0.249. The Hall–Kier alpha value is -3.42. The van der Waals surface area contributed by atoms with E-state index in [4.69, 9.17) is 0 Å². The van der Waals surface area contributed by atoms with E-state index in [1.54, 1.807) is 12.1 Å². The molecule has 2 amide bonds. The lowest BCUT2D eigenvalue weighted by Crippen LogP contribution is -2.17. The van der Waals surface area contributed by atoms with Crippen molar-refractivity contribution in [2.24, 2.45) is 0 Å². The van der Waals surface area contributed by atoms with Crippen molar-refractivity contribution in [2.45, 2.75) is 26.7 Å². The summed E-state index contributed by atoms with van der Waals surface area (Å²) in [6.07, 6.45) is 0.0854. The standard InChI is InChI=1S/C18H19N5O3/c1-10-7-11(2)9-12(8-10)19-15(24)5-6-16(25)21-14-4-3-13-17(22-14)23-18(26)20-13/h3-4,7-9H,5-6H2,1-2H3,(H,19,24)(H3,20,21,22,23,25,26). The summed E-state index contributed by atoms with van der Waals surface area (Å²) in [4.78, 5) is 44.5. The van der Waals surface area contributed by atoms with Crippen LogP contribution in [-0.2, 0) is 9.59 Å². The van der Waals surface area contributed by atoms with Gasteiger partial charge in [-0.2, -0.15) is 0 Å². The van der Waals surface area contributed by atoms with Gasteiger partial charge in [0, 0.05) is 18.5 Å². The van der Waals surface area contributed by atoms with Crippen LogP contribution in [0.1, 0.15) is 24.0 Å². The van der Waals surface area contributed by atoms with Gasteiger partial charge in [0.25, 0.3) is 0 Å². The van der Waals surface area contributed by atoms with Crippen LogP contribution in [0.2, 0.25) is 0 Å². The molecular formula is C18H19N5O3. The van der Waals surface area contributed by atoms with E-state index in [9.17, 15) is 14.4 Å². The molecule has 26 heavy (non-hydrogen) atoms. The molecule has 1 aromatic carbocycles. The number of imidazole rings is 1. The molecule has 0 aliphatic rings. The Kier molecular flexibility index (Phi) is 4.83. The lowest BCUT2D eigenvalue weighted by atomic mass is 10.1. The summed E-state index contributed by atoms with van der Waals surface area (Å²) in [5, 5.41) is 5.41. The maximum absolute atomic E-state index is 12.0. The fourth-order valence-electron chi connectivity index (χ4n) is 2.69. The minimum absolute atomic E-state index is 0.0278. The molecule has 4 N–H and O–H groups in total. The van der Waals surface area contributed by atoms with Crippen molar-refractivity contribution in [3.63, 3.8) is 0 Å². The summed E-state index contributed by atoms with van der Waals surface area (Å²) in [6, 6.07) is 9.00. The van der Waals surface area contributed by atoms with Gasteiger partial charge < -0.3 is 15.6 Å². The second-order valence-electron chi connectivity index (χ2n) is 6.14. The van der Waals surface area contributed by atoms with Crippen molar-refractivity contribution in [1.82, 2.24) is 15.0 Å². The summed E-state index contributed by atoms with van der Waals surface area (Å²) >= 11 is 0. The third-order valence-corrected chi connectivity index (χ3v) is 3.73. The molecule has 0 fully saturated rings. The van der Waals surface area contributed by atoms with Crippen LogP contribution in [0.5, 0.6) is 0 Å². The van der Waals surface area contributed by atoms with Gasteiger partial charge in [0.15, 0.2) is 5.65 Å². The minimum Gasteiger partial charge on any atom is -0.326 e. The average molecular weight is 353 g/mol. The molecule has 3 rings (SSSR count). The topological polar surface area (TPSA) is 120 Å². The zero-order chi connectivity index (χ0) is 18.7. The SMILES string of the molecule is Cc1cc(C)cc(NC(=O)CCC(=O)Nc2ccc3[nH]c(=O)[nH]c3n2)c1. The lowest BCUT2D eigenvalue weighted by molar-refractivity contribution is -0.121. The van der Waals surface area contributed by atoms with Crippen molar-refractivity contribution >= 4 is 34.5 Å². The van der Waals surface area contributed by atoms with Crippen LogP contribution in [0.3, 0.4) is 0 Å². The van der Waals surface area contributed by atoms with Gasteiger partial charge in [-0.15, -0.1) is 0 Å². The Morgan fingerprint density at radius 1 is 0.962 bits per heavy atom. The number of hydrogen-bond acceptors (Lipinski definition) is 4. The smallest absolute Gasteiger partial charge is 0.325 e. The van der Waals surface area contributed by atoms with Crippen LogP contribution in [0, 0.1) is 13.8 Å². The number of carbonyl (C=O) groups is 2. The normalized spacial score (nSPS) is 10.7. The number of nitrogens with zero attached hydrogens (tertiary/aromatic N) is 1. The van der Waals surface area contributed by atoms with Crippen LogP contribution in [0.4, 0.5) is 11.5 Å². The highest BCUT2D eigenvalue weighted by atomic mass is 16.2. The first-order valence-corrected chi connectivity index (χ1v) is 8.16. The molecule has 0 saturated heterocycles. The lowest BCUT2D eigenvalue weighted by Gasteiger charge is -2.08. The number of aromatic nitrogens is 3. The van der Waals surface area contributed by atoms with Gasteiger partial charge in [0.2, 0.25) is 11.8 Å². The predicted octanol–water partition coefficient (Wildman–Crippen LogP) is 2.23. The summed E-state index contributed by atoms with van der Waals surface area (Å²) in [7, 11) is 0. The number of aromatic amines is 2. The van der Waals surface area contributed by atoms with E-state index in [0.29, 0.717) is 17.0 Å². The van der Waals surface area contributed by atoms with Crippen molar-refractivity contribution in [3.8, 4) is 0 Å². The molecule has 0 atom stereocenters. The van der Waals surface area contributed by atoms with E-state index in [1.165, 1.54) is 0 Å². The Labute approximate surface area is 149 Å². The molecule has 0 spiro atoms. The molecule has 0 bridgehead atoms. The number of fused-ring (bicyclic) bond motifs is 1. The highest BCUT2D eigenvalue weighted by molar-refractivity contribution is 5.96. The fourth-order valence-corrected chi connectivity index (χ4v) is 2.69. The molecule has 3 aromatic rings. The van der Waals surface area contributed by atoms with Crippen LogP contribution < -0.4 is 16.3 Å². The van der Waals surface area contributed by atoms with E-state index >= 15 is 0 Å². The fraction of sp³-hybridized carbons (Fsp3) is 0.222. The summed E-state index contributed by atoms with van der Waals surface area (Å²) in [6.45, 7) is 3.91. The van der Waals surface area contributed by atoms with Gasteiger partial charge in [-0.3, -0.25) is 14.6 Å². The number of hydrogen-bond donors (Lipinski definition) is 4. The molecule has 134 valence electrons. The van der Waals surface area contributed by atoms with E-state index in [2.05, 4.69) is 25.6 Å². The number of nitrogens with one attached hydrogen (secondary N) is 4. The first-order chi connectivity index (χ1) is 12.4. The molecule has 0 aliphatic heterocycles. The Morgan fingerprint density at radius 3 is 2.31 bits per heavy atom. The van der Waals surface area contributed by atoms with Gasteiger partial charge in [-0.05, 0) is 49.2 Å². The van der Waals surface area contributed by atoms with Gasteiger partial charge >= 0.3 is 5.69 Å². The zero-order valence-corrected chi connectivity index (χ0v) is 14.5. The first kappa shape index (κ1) is 17.4. The van der Waals surface area contributed by atoms with Crippen molar-refractivity contribution in [2.75, 3.05) is 10.6 Å². The monoisotopic (exact) mass is 353 g/mol. The number of rotatable bonds is 5. The highest BCUT2D eigenvalue weighted by Crippen LogP contribution is 2.14. The minimum atomic E-state index is -0.362. The maximum Gasteiger partial charge on any atom is 0.325 e. The number of benzene rings is 1. The van der Waals surface area contributed by atoms with Crippen LogP contribution in [0.25, 0.3) is 11.2 Å². The quantitative estimate of drug-likeness (QED) is 0.562. The Balaban J connectivity index is 1.54. The number of amides is 2. The summed E-state index contributed by atoms with van der Waals surface area (Å²) < 4.78 is 0. The number of aryl methyl sites for hydroxylation is 2. The van der Waals surface area contributed by atoms with Gasteiger partial charge in [-0.1, -0.05) is 6.07 Å². The van der Waals surface area contributed by atoms with E-state index in [1.807, 2.05) is 32.0 Å².